The second-order valence-corrected chi connectivity index (χ2v) is 5.97. The maximum absolute atomic E-state index is 14.3. The largest absolute Gasteiger partial charge is 0.378 e. The predicted octanol–water partition coefficient (Wildman–Crippen LogP) is 1.26. The van der Waals surface area contributed by atoms with Gasteiger partial charge in [0, 0.05) is 32.4 Å². The van der Waals surface area contributed by atoms with Gasteiger partial charge in [-0.2, -0.15) is 0 Å². The van der Waals surface area contributed by atoms with Gasteiger partial charge in [-0.15, -0.1) is 24.0 Å². The number of rotatable bonds is 5. The zero-order chi connectivity index (χ0) is 16.8. The smallest absolute Gasteiger partial charge is 0.189 e. The van der Waals surface area contributed by atoms with E-state index in [9.17, 15) is 4.39 Å². The highest BCUT2D eigenvalue weighted by Gasteiger charge is 2.17. The van der Waals surface area contributed by atoms with Gasteiger partial charge in [0.05, 0.1) is 25.9 Å². The van der Waals surface area contributed by atoms with E-state index in [2.05, 4.69) is 15.3 Å². The van der Waals surface area contributed by atoms with Crippen LogP contribution in [0.4, 0.5) is 10.2 Å². The molecule has 0 aromatic carbocycles. The third-order valence-corrected chi connectivity index (χ3v) is 4.16. The van der Waals surface area contributed by atoms with E-state index >= 15 is 0 Å². The Kier molecular flexibility index (Phi) is 8.10. The minimum atomic E-state index is -0.338. The van der Waals surface area contributed by atoms with Crippen LogP contribution in [0.25, 0.3) is 0 Å². The van der Waals surface area contributed by atoms with Crippen LogP contribution < -0.4 is 16.0 Å². The van der Waals surface area contributed by atoms with Crippen LogP contribution in [0.1, 0.15) is 18.4 Å². The lowest BCUT2D eigenvalue weighted by Crippen LogP contribution is -2.37. The van der Waals surface area contributed by atoms with Gasteiger partial charge in [-0.1, -0.05) is 0 Å². The number of pyridine rings is 1. The lowest BCUT2D eigenvalue weighted by atomic mass is 10.2. The molecule has 2 aliphatic heterocycles. The standard InChI is InChI=1S/C16H24FN5O2.HI/c17-14-8-12(9-19-15(14)22-3-6-23-7-4-22)10-20-16(18)21-11-13-2-1-5-24-13;/h8-9,13H,1-7,10-11H2,(H3,18,20,21);1H. The molecule has 1 aromatic heterocycles. The molecule has 2 saturated heterocycles. The summed E-state index contributed by atoms with van der Waals surface area (Å²) in [5, 5.41) is 3.04. The molecule has 1 aromatic rings. The van der Waals surface area contributed by atoms with Crippen LogP contribution in [0, 0.1) is 5.82 Å². The van der Waals surface area contributed by atoms with E-state index in [-0.39, 0.29) is 42.4 Å². The average molecular weight is 465 g/mol. The van der Waals surface area contributed by atoms with Crippen molar-refractivity contribution in [1.29, 1.82) is 0 Å². The van der Waals surface area contributed by atoms with Crippen LogP contribution in [-0.4, -0.2) is 56.5 Å². The molecule has 0 spiro atoms. The maximum atomic E-state index is 14.3. The summed E-state index contributed by atoms with van der Waals surface area (Å²) >= 11 is 0. The molecule has 140 valence electrons. The summed E-state index contributed by atoms with van der Waals surface area (Å²) in [5.41, 5.74) is 6.52. The van der Waals surface area contributed by atoms with Gasteiger partial charge in [0.15, 0.2) is 17.6 Å². The highest BCUT2D eigenvalue weighted by atomic mass is 127. The van der Waals surface area contributed by atoms with Gasteiger partial charge in [-0.05, 0) is 24.5 Å². The maximum Gasteiger partial charge on any atom is 0.189 e. The minimum Gasteiger partial charge on any atom is -0.378 e. The van der Waals surface area contributed by atoms with E-state index in [0.717, 1.165) is 19.4 Å². The third-order valence-electron chi connectivity index (χ3n) is 4.16. The molecule has 2 aliphatic rings. The van der Waals surface area contributed by atoms with Crippen LogP contribution >= 0.6 is 24.0 Å². The molecule has 0 radical (unpaired) electrons. The number of anilines is 1. The molecule has 0 aliphatic carbocycles. The number of aliphatic imine (C=N–C) groups is 1. The summed E-state index contributed by atoms with van der Waals surface area (Å²) in [7, 11) is 0. The fourth-order valence-electron chi connectivity index (χ4n) is 2.82. The first kappa shape index (κ1) is 20.1. The number of hydrogen-bond donors (Lipinski definition) is 2. The Labute approximate surface area is 164 Å². The Balaban J connectivity index is 0.00000225. The Morgan fingerprint density at radius 3 is 2.88 bits per heavy atom. The summed E-state index contributed by atoms with van der Waals surface area (Å²) < 4.78 is 25.0. The molecule has 9 heteroatoms. The molecule has 25 heavy (non-hydrogen) atoms. The Morgan fingerprint density at radius 2 is 2.20 bits per heavy atom. The van der Waals surface area contributed by atoms with Gasteiger partial charge in [0.1, 0.15) is 0 Å². The van der Waals surface area contributed by atoms with Crippen LogP contribution in [0.15, 0.2) is 17.3 Å². The number of ether oxygens (including phenoxy) is 2. The summed E-state index contributed by atoms with van der Waals surface area (Å²) in [6.07, 6.45) is 3.97. The van der Waals surface area contributed by atoms with Crippen molar-refractivity contribution in [2.75, 3.05) is 44.4 Å². The molecule has 0 amide bonds. The van der Waals surface area contributed by atoms with Crippen LogP contribution in [0.5, 0.6) is 0 Å². The van der Waals surface area contributed by atoms with E-state index in [4.69, 9.17) is 15.2 Å². The summed E-state index contributed by atoms with van der Waals surface area (Å²) in [6, 6.07) is 1.47. The van der Waals surface area contributed by atoms with E-state index in [1.54, 1.807) is 6.20 Å². The van der Waals surface area contributed by atoms with Gasteiger partial charge in [-0.3, -0.25) is 0 Å². The van der Waals surface area contributed by atoms with Crippen molar-refractivity contribution in [3.63, 3.8) is 0 Å². The molecule has 0 saturated carbocycles. The van der Waals surface area contributed by atoms with Crippen LogP contribution in [-0.2, 0) is 16.0 Å². The Hall–Kier alpha value is -1.20. The minimum absolute atomic E-state index is 0. The predicted molar refractivity (Wildman–Crippen MR) is 105 cm³/mol. The van der Waals surface area contributed by atoms with Crippen molar-refractivity contribution in [3.8, 4) is 0 Å². The molecular weight excluding hydrogens is 440 g/mol. The van der Waals surface area contributed by atoms with Crippen molar-refractivity contribution in [2.45, 2.75) is 25.5 Å². The van der Waals surface area contributed by atoms with E-state index in [1.165, 1.54) is 6.07 Å². The molecule has 2 fully saturated rings. The van der Waals surface area contributed by atoms with Crippen LogP contribution in [0.2, 0.25) is 0 Å². The van der Waals surface area contributed by atoms with Crippen molar-refractivity contribution in [3.05, 3.63) is 23.6 Å². The molecule has 1 unspecified atom stereocenters. The number of nitrogens with two attached hydrogens (primary N) is 1. The number of nitrogens with zero attached hydrogens (tertiary/aromatic N) is 3. The molecule has 3 rings (SSSR count). The van der Waals surface area contributed by atoms with Crippen molar-refractivity contribution >= 4 is 35.8 Å². The first-order valence-electron chi connectivity index (χ1n) is 8.35. The van der Waals surface area contributed by atoms with Gasteiger partial charge in [-0.25, -0.2) is 14.4 Å². The lowest BCUT2D eigenvalue weighted by molar-refractivity contribution is 0.114. The normalized spacial score (nSPS) is 21.1. The number of morpholine rings is 1. The highest BCUT2D eigenvalue weighted by Crippen LogP contribution is 2.18. The fourth-order valence-corrected chi connectivity index (χ4v) is 2.82. The summed E-state index contributed by atoms with van der Waals surface area (Å²) in [4.78, 5) is 10.4. The summed E-state index contributed by atoms with van der Waals surface area (Å²) in [6.45, 7) is 4.25. The zero-order valence-electron chi connectivity index (χ0n) is 14.1. The summed E-state index contributed by atoms with van der Waals surface area (Å²) in [5.74, 6) is 0.370. The second kappa shape index (κ2) is 10.1. The van der Waals surface area contributed by atoms with Crippen molar-refractivity contribution in [2.24, 2.45) is 10.7 Å². The Bertz CT molecular complexity index is 578. The number of halogens is 2. The van der Waals surface area contributed by atoms with E-state index in [1.807, 2.05) is 4.90 Å². The monoisotopic (exact) mass is 465 g/mol. The number of guanidine groups is 1. The average Bonchev–Trinajstić information content (AvgIpc) is 3.12. The highest BCUT2D eigenvalue weighted by molar-refractivity contribution is 14.0. The molecular formula is C16H25FIN5O2. The molecule has 1 atom stereocenters. The van der Waals surface area contributed by atoms with Gasteiger partial charge < -0.3 is 25.4 Å². The van der Waals surface area contributed by atoms with Crippen LogP contribution in [0.3, 0.4) is 0 Å². The fraction of sp³-hybridized carbons (Fsp3) is 0.625. The molecule has 7 nitrogen and oxygen atoms in total. The number of aromatic nitrogens is 1. The van der Waals surface area contributed by atoms with Gasteiger partial charge in [0.25, 0.3) is 0 Å². The first-order chi connectivity index (χ1) is 11.7. The SMILES string of the molecule is I.NC(=NCc1cnc(N2CCOCC2)c(F)c1)NCC1CCCO1. The first-order valence-corrected chi connectivity index (χ1v) is 8.35. The number of nitrogens with one attached hydrogen (secondary N) is 1. The molecule has 3 N–H and O–H groups in total. The van der Waals surface area contributed by atoms with Gasteiger partial charge >= 0.3 is 0 Å². The van der Waals surface area contributed by atoms with E-state index < -0.39 is 0 Å². The van der Waals surface area contributed by atoms with E-state index in [0.29, 0.717) is 50.2 Å². The lowest BCUT2D eigenvalue weighted by Gasteiger charge is -2.28. The van der Waals surface area contributed by atoms with Crippen molar-refractivity contribution < 1.29 is 13.9 Å². The van der Waals surface area contributed by atoms with Crippen molar-refractivity contribution in [1.82, 2.24) is 10.3 Å². The van der Waals surface area contributed by atoms with Gasteiger partial charge in [0.2, 0.25) is 0 Å². The Morgan fingerprint density at radius 1 is 1.40 bits per heavy atom. The third kappa shape index (κ3) is 5.93. The topological polar surface area (TPSA) is 85.0 Å². The quantitative estimate of drug-likeness (QED) is 0.387. The number of hydrogen-bond acceptors (Lipinski definition) is 5. The molecule has 0 bridgehead atoms. The molecule has 3 heterocycles. The second-order valence-electron chi connectivity index (χ2n) is 5.97. The zero-order valence-corrected chi connectivity index (χ0v) is 16.4.